The van der Waals surface area contributed by atoms with E-state index in [1.807, 2.05) is 30.3 Å². The van der Waals surface area contributed by atoms with Gasteiger partial charge in [0.15, 0.2) is 6.29 Å². The van der Waals surface area contributed by atoms with Gasteiger partial charge in [0.1, 0.15) is 22.5 Å². The average Bonchev–Trinajstić information content (AvgIpc) is 3.66. The molecule has 3 aliphatic heterocycles. The summed E-state index contributed by atoms with van der Waals surface area (Å²) in [4.78, 5) is 13.1. The molecular formula is C32H44N2O10S. The van der Waals surface area contributed by atoms with E-state index < -0.39 is 34.4 Å². The summed E-state index contributed by atoms with van der Waals surface area (Å²) in [5.41, 5.74) is 0.855. The van der Waals surface area contributed by atoms with Crippen LogP contribution in [-0.4, -0.2) is 102 Å². The van der Waals surface area contributed by atoms with Crippen LogP contribution in [0.2, 0.25) is 0 Å². The maximum atomic E-state index is 14.2. The van der Waals surface area contributed by atoms with Gasteiger partial charge in [-0.05, 0) is 49.8 Å². The van der Waals surface area contributed by atoms with Crippen molar-refractivity contribution < 1.29 is 46.7 Å². The van der Waals surface area contributed by atoms with Crippen molar-refractivity contribution in [2.24, 2.45) is 5.92 Å². The van der Waals surface area contributed by atoms with E-state index in [9.17, 15) is 18.3 Å². The number of hydrogen-bond donors (Lipinski definition) is 2. The molecule has 2 aromatic rings. The van der Waals surface area contributed by atoms with Gasteiger partial charge in [0.05, 0.1) is 51.6 Å². The minimum absolute atomic E-state index is 0.00412. The second-order valence-electron chi connectivity index (χ2n) is 11.5. The van der Waals surface area contributed by atoms with Crippen LogP contribution in [0.3, 0.4) is 0 Å². The SMILES string of the molecule is COc1ccc2c(c1)OCCCCCCOCCN(C[C@@H](O)[C@H](Cc1ccccc1)NC(=O)O[C@H]1CO[C@H]3OCC[C@H]31)S2(=O)=O. The van der Waals surface area contributed by atoms with Crippen molar-refractivity contribution in [1.82, 2.24) is 9.62 Å². The fourth-order valence-corrected chi connectivity index (χ4v) is 7.41. The molecule has 248 valence electrons. The Morgan fingerprint density at radius 3 is 2.64 bits per heavy atom. The second-order valence-corrected chi connectivity index (χ2v) is 13.4. The number of hydrogen-bond acceptors (Lipinski definition) is 10. The van der Waals surface area contributed by atoms with Crippen LogP contribution in [0.25, 0.3) is 0 Å². The standard InChI is InChI=1S/C32H44N2O10S/c1-39-24-11-12-30-28(20-24)41-16-8-3-2-7-15-40-18-14-34(45(30,37)38)21-27(35)26(19-23-9-5-4-6-10-23)33-32(36)44-29-22-43-31-25(29)13-17-42-31/h4-6,9-12,20,25-27,29,31,35H,2-3,7-8,13-19,21-22H2,1H3,(H,33,36)/t25-,26-,27+,29-,31+/m0/s1. The van der Waals surface area contributed by atoms with Gasteiger partial charge in [-0.3, -0.25) is 0 Å². The van der Waals surface area contributed by atoms with Crippen molar-refractivity contribution in [2.75, 3.05) is 53.2 Å². The number of alkyl carbamates (subject to hydrolysis) is 1. The molecule has 5 atom stereocenters. The molecule has 12 nitrogen and oxygen atoms in total. The van der Waals surface area contributed by atoms with E-state index in [-0.39, 0.29) is 55.6 Å². The highest BCUT2D eigenvalue weighted by molar-refractivity contribution is 7.89. The smallest absolute Gasteiger partial charge is 0.407 e. The minimum atomic E-state index is -4.18. The summed E-state index contributed by atoms with van der Waals surface area (Å²) in [7, 11) is -2.67. The number of aliphatic hydroxyl groups is 1. The minimum Gasteiger partial charge on any atom is -0.497 e. The monoisotopic (exact) mass is 648 g/mol. The fraction of sp³-hybridized carbons (Fsp3) is 0.594. The maximum Gasteiger partial charge on any atom is 0.407 e. The first-order valence-electron chi connectivity index (χ1n) is 15.7. The lowest BCUT2D eigenvalue weighted by Gasteiger charge is -2.30. The molecule has 5 rings (SSSR count). The Balaban J connectivity index is 1.37. The lowest BCUT2D eigenvalue weighted by atomic mass is 10.0. The number of sulfonamides is 1. The number of ether oxygens (including phenoxy) is 6. The molecule has 0 aliphatic carbocycles. The van der Waals surface area contributed by atoms with Crippen molar-refractivity contribution in [2.45, 2.75) is 68.0 Å². The Kier molecular flexibility index (Phi) is 11.9. The predicted octanol–water partition coefficient (Wildman–Crippen LogP) is 3.12. The van der Waals surface area contributed by atoms with E-state index >= 15 is 0 Å². The summed E-state index contributed by atoms with van der Waals surface area (Å²) in [5.74, 6) is 0.603. The fourth-order valence-electron chi connectivity index (χ4n) is 5.86. The zero-order chi connectivity index (χ0) is 31.6. The Morgan fingerprint density at radius 2 is 1.84 bits per heavy atom. The summed E-state index contributed by atoms with van der Waals surface area (Å²) in [6, 6.07) is 13.1. The molecular weight excluding hydrogens is 604 g/mol. The largest absolute Gasteiger partial charge is 0.497 e. The molecule has 0 unspecified atom stereocenters. The van der Waals surface area contributed by atoms with Crippen molar-refractivity contribution in [3.8, 4) is 11.5 Å². The Hall–Kier alpha value is -2.94. The van der Waals surface area contributed by atoms with Gasteiger partial charge in [-0.2, -0.15) is 4.31 Å². The summed E-state index contributed by atoms with van der Waals surface area (Å²) < 4.78 is 63.4. The number of benzene rings is 2. The van der Waals surface area contributed by atoms with Crippen LogP contribution >= 0.6 is 0 Å². The summed E-state index contributed by atoms with van der Waals surface area (Å²) in [6.07, 6.45) is 1.64. The lowest BCUT2D eigenvalue weighted by Crippen LogP contribution is -2.51. The third-order valence-electron chi connectivity index (χ3n) is 8.39. The lowest BCUT2D eigenvalue weighted by molar-refractivity contribution is -0.0907. The Morgan fingerprint density at radius 1 is 1.04 bits per heavy atom. The van der Waals surface area contributed by atoms with Crippen LogP contribution < -0.4 is 14.8 Å². The molecule has 13 heteroatoms. The molecule has 3 aliphatic rings. The van der Waals surface area contributed by atoms with E-state index in [2.05, 4.69) is 5.32 Å². The summed E-state index contributed by atoms with van der Waals surface area (Å²) in [5, 5.41) is 14.4. The van der Waals surface area contributed by atoms with Crippen LogP contribution in [0.15, 0.2) is 53.4 Å². The van der Waals surface area contributed by atoms with Crippen LogP contribution in [-0.2, 0) is 35.4 Å². The van der Waals surface area contributed by atoms with Gasteiger partial charge >= 0.3 is 6.09 Å². The highest BCUT2D eigenvalue weighted by Gasteiger charge is 2.44. The van der Waals surface area contributed by atoms with Crippen molar-refractivity contribution >= 4 is 16.1 Å². The molecule has 2 fully saturated rings. The third kappa shape index (κ3) is 8.87. The topological polar surface area (TPSA) is 142 Å². The van der Waals surface area contributed by atoms with Gasteiger partial charge < -0.3 is 38.8 Å². The summed E-state index contributed by atoms with van der Waals surface area (Å²) >= 11 is 0. The maximum absolute atomic E-state index is 14.2. The summed E-state index contributed by atoms with van der Waals surface area (Å²) in [6.45, 7) is 1.46. The van der Waals surface area contributed by atoms with Crippen LogP contribution in [0.4, 0.5) is 4.79 Å². The second kappa shape index (κ2) is 16.1. The first kappa shape index (κ1) is 33.4. The number of nitrogens with one attached hydrogen (secondary N) is 1. The van der Waals surface area contributed by atoms with Crippen LogP contribution in [0, 0.1) is 5.92 Å². The Bertz CT molecular complexity index is 1340. The number of amides is 1. The zero-order valence-electron chi connectivity index (χ0n) is 25.7. The van der Waals surface area contributed by atoms with Gasteiger partial charge in [-0.15, -0.1) is 0 Å². The van der Waals surface area contributed by atoms with Crippen LogP contribution in [0.1, 0.15) is 37.7 Å². The van der Waals surface area contributed by atoms with E-state index in [1.165, 1.54) is 17.5 Å². The van der Waals surface area contributed by atoms with Crippen molar-refractivity contribution in [3.63, 3.8) is 0 Å². The molecule has 0 radical (unpaired) electrons. The van der Waals surface area contributed by atoms with Gasteiger partial charge in [-0.25, -0.2) is 13.2 Å². The molecule has 0 aromatic heterocycles. The van der Waals surface area contributed by atoms with E-state index in [0.717, 1.165) is 37.7 Å². The number of fused-ring (bicyclic) bond motifs is 2. The molecule has 45 heavy (non-hydrogen) atoms. The third-order valence-corrected chi connectivity index (χ3v) is 10.3. The quantitative estimate of drug-likeness (QED) is 0.439. The van der Waals surface area contributed by atoms with Crippen molar-refractivity contribution in [3.05, 3.63) is 54.1 Å². The Labute approximate surface area is 264 Å². The number of nitrogens with zero attached hydrogens (tertiary/aromatic N) is 1. The van der Waals surface area contributed by atoms with Gasteiger partial charge in [0, 0.05) is 25.8 Å². The van der Waals surface area contributed by atoms with E-state index in [4.69, 9.17) is 28.4 Å². The number of carbonyl (C=O) groups is 1. The number of rotatable bonds is 8. The number of methoxy groups -OCH3 is 1. The van der Waals surface area contributed by atoms with Gasteiger partial charge in [0.2, 0.25) is 10.0 Å². The number of β-amino-alcohol motifs (C(OH)–C–C–N with tert-alkyl or cyclic N) is 1. The number of aliphatic hydroxyl groups excluding tert-OH is 1. The van der Waals surface area contributed by atoms with Gasteiger partial charge in [-0.1, -0.05) is 36.8 Å². The van der Waals surface area contributed by atoms with E-state index in [1.54, 1.807) is 12.1 Å². The van der Waals surface area contributed by atoms with Crippen LogP contribution in [0.5, 0.6) is 11.5 Å². The zero-order valence-corrected chi connectivity index (χ0v) is 26.5. The molecule has 0 spiro atoms. The highest BCUT2D eigenvalue weighted by atomic mass is 32.2. The molecule has 3 heterocycles. The average molecular weight is 649 g/mol. The van der Waals surface area contributed by atoms with E-state index in [0.29, 0.717) is 25.6 Å². The van der Waals surface area contributed by atoms with Gasteiger partial charge in [0.25, 0.3) is 0 Å². The molecule has 2 aromatic carbocycles. The predicted molar refractivity (Wildman–Crippen MR) is 164 cm³/mol. The normalized spacial score (nSPS) is 25.5. The molecule has 0 saturated carbocycles. The highest BCUT2D eigenvalue weighted by Crippen LogP contribution is 2.34. The first-order valence-corrected chi connectivity index (χ1v) is 17.1. The first-order chi connectivity index (χ1) is 21.8. The van der Waals surface area contributed by atoms with Crippen molar-refractivity contribution in [1.29, 1.82) is 0 Å². The molecule has 2 N–H and O–H groups in total. The molecule has 1 amide bonds. The molecule has 2 saturated heterocycles. The molecule has 0 bridgehead atoms. The number of carbonyl (C=O) groups excluding carboxylic acids is 1.